The van der Waals surface area contributed by atoms with Gasteiger partial charge in [-0.15, -0.1) is 11.3 Å². The Kier molecular flexibility index (Phi) is 5.29. The zero-order chi connectivity index (χ0) is 18.6. The average molecular weight is 386 g/mol. The summed E-state index contributed by atoms with van der Waals surface area (Å²) in [4.78, 5) is 27.8. The molecule has 2 heterocycles. The van der Waals surface area contributed by atoms with Crippen molar-refractivity contribution in [1.29, 1.82) is 0 Å². The number of carbonyl (C=O) groups is 2. The van der Waals surface area contributed by atoms with Gasteiger partial charge in [0.2, 0.25) is 12.7 Å². The van der Waals surface area contributed by atoms with E-state index in [1.807, 2.05) is 35.7 Å². The molecule has 1 N–H and O–H groups in total. The highest BCUT2D eigenvalue weighted by Crippen LogP contribution is 2.32. The monoisotopic (exact) mass is 386 g/mol. The maximum Gasteiger partial charge on any atom is 0.264 e. The number of fused-ring (bicyclic) bond motifs is 1. The number of nitrogens with zero attached hydrogens (tertiary/aromatic N) is 1. The van der Waals surface area contributed by atoms with Crippen molar-refractivity contribution in [3.05, 3.63) is 46.2 Å². The van der Waals surface area contributed by atoms with Crippen LogP contribution in [0.1, 0.15) is 40.9 Å². The molecule has 0 unspecified atom stereocenters. The van der Waals surface area contributed by atoms with Gasteiger partial charge in [0.15, 0.2) is 11.5 Å². The van der Waals surface area contributed by atoms with Crippen molar-refractivity contribution in [2.75, 3.05) is 13.3 Å². The second-order valence-electron chi connectivity index (χ2n) is 6.81. The minimum absolute atomic E-state index is 0.0462. The molecule has 1 saturated carbocycles. The van der Waals surface area contributed by atoms with Crippen LogP contribution in [0.25, 0.3) is 0 Å². The molecule has 0 spiro atoms. The van der Waals surface area contributed by atoms with Gasteiger partial charge in [-0.1, -0.05) is 25.0 Å². The lowest BCUT2D eigenvalue weighted by atomic mass is 10.2. The number of carbonyl (C=O) groups excluding carboxylic acids is 2. The lowest BCUT2D eigenvalue weighted by Crippen LogP contribution is -2.45. The fraction of sp³-hybridized carbons (Fsp3) is 0.400. The standard InChI is InChI=1S/C20H22N2O4S/c23-19(21-11-14-7-8-16-17(10-14)26-13-25-16)12-22(15-4-1-2-5-15)20(24)18-6-3-9-27-18/h3,6-10,15H,1-2,4-5,11-13H2,(H,21,23). The summed E-state index contributed by atoms with van der Waals surface area (Å²) in [6, 6.07) is 9.45. The van der Waals surface area contributed by atoms with Crippen LogP contribution in [0.5, 0.6) is 11.5 Å². The third-order valence-corrected chi connectivity index (χ3v) is 5.86. The van der Waals surface area contributed by atoms with Crippen LogP contribution in [0, 0.1) is 0 Å². The maximum absolute atomic E-state index is 12.9. The maximum atomic E-state index is 12.9. The van der Waals surface area contributed by atoms with E-state index >= 15 is 0 Å². The van der Waals surface area contributed by atoms with Crippen LogP contribution >= 0.6 is 11.3 Å². The molecule has 27 heavy (non-hydrogen) atoms. The summed E-state index contributed by atoms with van der Waals surface area (Å²) in [7, 11) is 0. The molecule has 1 aromatic heterocycles. The Labute approximate surface area is 162 Å². The molecular formula is C20H22N2O4S. The predicted octanol–water partition coefficient (Wildman–Crippen LogP) is 3.18. The van der Waals surface area contributed by atoms with Gasteiger partial charge >= 0.3 is 0 Å². The van der Waals surface area contributed by atoms with Gasteiger partial charge < -0.3 is 19.7 Å². The number of rotatable bonds is 6. The van der Waals surface area contributed by atoms with Crippen LogP contribution in [-0.2, 0) is 11.3 Å². The van der Waals surface area contributed by atoms with E-state index in [1.54, 1.807) is 4.90 Å². The summed E-state index contributed by atoms with van der Waals surface area (Å²) in [5, 5.41) is 4.81. The average Bonchev–Trinajstić information content (AvgIpc) is 3.45. The van der Waals surface area contributed by atoms with Crippen LogP contribution in [0.15, 0.2) is 35.7 Å². The third kappa shape index (κ3) is 4.08. The first-order chi connectivity index (χ1) is 13.2. The molecule has 1 aromatic carbocycles. The molecule has 2 aliphatic rings. The van der Waals surface area contributed by atoms with E-state index in [9.17, 15) is 9.59 Å². The molecule has 1 aliphatic carbocycles. The Morgan fingerprint density at radius 2 is 1.96 bits per heavy atom. The van der Waals surface area contributed by atoms with Crippen LogP contribution in [0.4, 0.5) is 0 Å². The lowest BCUT2D eigenvalue weighted by molar-refractivity contribution is -0.122. The number of amides is 2. The van der Waals surface area contributed by atoms with Crippen molar-refractivity contribution in [2.45, 2.75) is 38.3 Å². The lowest BCUT2D eigenvalue weighted by Gasteiger charge is -2.28. The Morgan fingerprint density at radius 1 is 1.15 bits per heavy atom. The first-order valence-corrected chi connectivity index (χ1v) is 10.1. The Hall–Kier alpha value is -2.54. The van der Waals surface area contributed by atoms with Crippen LogP contribution in [-0.4, -0.2) is 36.1 Å². The van der Waals surface area contributed by atoms with E-state index in [0.717, 1.165) is 37.0 Å². The van der Waals surface area contributed by atoms with Gasteiger partial charge in [0.05, 0.1) is 4.88 Å². The van der Waals surface area contributed by atoms with E-state index in [2.05, 4.69) is 5.32 Å². The Morgan fingerprint density at radius 3 is 2.74 bits per heavy atom. The van der Waals surface area contributed by atoms with E-state index in [0.29, 0.717) is 17.2 Å². The van der Waals surface area contributed by atoms with Gasteiger partial charge in [-0.3, -0.25) is 9.59 Å². The van der Waals surface area contributed by atoms with Crippen LogP contribution in [0.2, 0.25) is 0 Å². The van der Waals surface area contributed by atoms with Crippen LogP contribution < -0.4 is 14.8 Å². The molecule has 6 nitrogen and oxygen atoms in total. The molecule has 0 radical (unpaired) electrons. The summed E-state index contributed by atoms with van der Waals surface area (Å²) in [6.45, 7) is 0.708. The first-order valence-electron chi connectivity index (χ1n) is 9.20. The van der Waals surface area contributed by atoms with Crippen molar-refractivity contribution in [1.82, 2.24) is 10.2 Å². The highest BCUT2D eigenvalue weighted by atomic mass is 32.1. The molecule has 0 saturated heterocycles. The SMILES string of the molecule is O=C(CN(C(=O)c1cccs1)C1CCCC1)NCc1ccc2c(c1)OCO2. The molecule has 2 amide bonds. The highest BCUT2D eigenvalue weighted by molar-refractivity contribution is 7.12. The minimum atomic E-state index is -0.149. The quantitative estimate of drug-likeness (QED) is 0.828. The predicted molar refractivity (Wildman–Crippen MR) is 102 cm³/mol. The summed E-state index contributed by atoms with van der Waals surface area (Å²) < 4.78 is 10.7. The van der Waals surface area contributed by atoms with Crippen molar-refractivity contribution >= 4 is 23.2 Å². The van der Waals surface area contributed by atoms with E-state index in [4.69, 9.17) is 9.47 Å². The van der Waals surface area contributed by atoms with E-state index < -0.39 is 0 Å². The van der Waals surface area contributed by atoms with Crippen molar-refractivity contribution in [3.63, 3.8) is 0 Å². The second kappa shape index (κ2) is 8.00. The fourth-order valence-corrected chi connectivity index (χ4v) is 4.27. The molecular weight excluding hydrogens is 364 g/mol. The summed E-state index contributed by atoms with van der Waals surface area (Å²) in [6.07, 6.45) is 4.15. The van der Waals surface area contributed by atoms with Gasteiger partial charge in [0.1, 0.15) is 6.54 Å². The molecule has 0 bridgehead atoms. The summed E-state index contributed by atoms with van der Waals surface area (Å²) in [5.41, 5.74) is 0.935. The Balaban J connectivity index is 1.38. The van der Waals surface area contributed by atoms with Crippen molar-refractivity contribution in [2.24, 2.45) is 0 Å². The summed E-state index contributed by atoms with van der Waals surface area (Å²) in [5.74, 6) is 1.22. The van der Waals surface area contributed by atoms with Gasteiger partial charge in [0.25, 0.3) is 5.91 Å². The zero-order valence-electron chi connectivity index (χ0n) is 15.0. The smallest absolute Gasteiger partial charge is 0.264 e. The minimum Gasteiger partial charge on any atom is -0.454 e. The molecule has 0 atom stereocenters. The summed E-state index contributed by atoms with van der Waals surface area (Å²) >= 11 is 1.42. The largest absolute Gasteiger partial charge is 0.454 e. The molecule has 142 valence electrons. The van der Waals surface area contributed by atoms with Gasteiger partial charge in [-0.25, -0.2) is 0 Å². The third-order valence-electron chi connectivity index (χ3n) is 5.00. The van der Waals surface area contributed by atoms with Gasteiger partial charge in [0, 0.05) is 12.6 Å². The van der Waals surface area contributed by atoms with Crippen molar-refractivity contribution in [3.8, 4) is 11.5 Å². The molecule has 2 aromatic rings. The van der Waals surface area contributed by atoms with Gasteiger partial charge in [-0.2, -0.15) is 0 Å². The normalized spacial score (nSPS) is 15.7. The number of thiophene rings is 1. The van der Waals surface area contributed by atoms with E-state index in [1.165, 1.54) is 11.3 Å². The van der Waals surface area contributed by atoms with Crippen molar-refractivity contribution < 1.29 is 19.1 Å². The molecule has 1 aliphatic heterocycles. The molecule has 4 rings (SSSR count). The molecule has 1 fully saturated rings. The number of benzene rings is 1. The van der Waals surface area contributed by atoms with Gasteiger partial charge in [-0.05, 0) is 42.0 Å². The second-order valence-corrected chi connectivity index (χ2v) is 7.76. The van der Waals surface area contributed by atoms with E-state index in [-0.39, 0.29) is 31.2 Å². The zero-order valence-corrected chi connectivity index (χ0v) is 15.8. The number of hydrogen-bond acceptors (Lipinski definition) is 5. The number of hydrogen-bond donors (Lipinski definition) is 1. The fourth-order valence-electron chi connectivity index (χ4n) is 3.59. The molecule has 7 heteroatoms. The number of nitrogens with one attached hydrogen (secondary N) is 1. The number of ether oxygens (including phenoxy) is 2. The first kappa shape index (κ1) is 17.9. The Bertz CT molecular complexity index is 815. The highest BCUT2D eigenvalue weighted by Gasteiger charge is 2.29. The van der Waals surface area contributed by atoms with Crippen LogP contribution in [0.3, 0.4) is 0 Å². The topological polar surface area (TPSA) is 67.9 Å².